The molecule has 0 saturated heterocycles. The van der Waals surface area contributed by atoms with Gasteiger partial charge in [0.25, 0.3) is 0 Å². The van der Waals surface area contributed by atoms with Crippen molar-refractivity contribution in [3.63, 3.8) is 0 Å². The monoisotopic (exact) mass is 314 g/mol. The zero-order valence-electron chi connectivity index (χ0n) is 9.78. The van der Waals surface area contributed by atoms with Gasteiger partial charge in [0.15, 0.2) is 0 Å². The maximum absolute atomic E-state index is 12.8. The lowest BCUT2D eigenvalue weighted by atomic mass is 10.1. The lowest BCUT2D eigenvalue weighted by Gasteiger charge is -2.10. The molecule has 0 spiro atoms. The van der Waals surface area contributed by atoms with Gasteiger partial charge in [-0.25, -0.2) is 4.98 Å². The Balaban J connectivity index is 2.34. The van der Waals surface area contributed by atoms with E-state index in [1.807, 2.05) is 0 Å². The van der Waals surface area contributed by atoms with E-state index in [1.165, 1.54) is 18.3 Å². The van der Waals surface area contributed by atoms with Gasteiger partial charge in [0.1, 0.15) is 5.03 Å². The van der Waals surface area contributed by atoms with Crippen molar-refractivity contribution in [1.82, 2.24) is 4.98 Å². The average molecular weight is 315 g/mol. The van der Waals surface area contributed by atoms with E-state index < -0.39 is 17.3 Å². The van der Waals surface area contributed by atoms with Gasteiger partial charge in [0, 0.05) is 11.1 Å². The van der Waals surface area contributed by atoms with Crippen molar-refractivity contribution in [2.24, 2.45) is 0 Å². The summed E-state index contributed by atoms with van der Waals surface area (Å²) in [4.78, 5) is 4.35. The topological polar surface area (TPSA) is 36.7 Å². The van der Waals surface area contributed by atoms with Gasteiger partial charge < -0.3 is 0 Å². The molecule has 2 nitrogen and oxygen atoms in total. The largest absolute Gasteiger partial charge is 0.417 e. The van der Waals surface area contributed by atoms with Crippen molar-refractivity contribution in [2.75, 3.05) is 0 Å². The Kier molecular flexibility index (Phi) is 4.21. The highest BCUT2D eigenvalue weighted by Gasteiger charge is 2.33. The molecule has 20 heavy (non-hydrogen) atoms. The van der Waals surface area contributed by atoms with Crippen LogP contribution in [0.4, 0.5) is 13.2 Å². The molecule has 0 aliphatic rings. The van der Waals surface area contributed by atoms with E-state index in [4.69, 9.17) is 16.9 Å². The fraction of sp³-hybridized carbons (Fsp3) is 0.0769. The standard InChI is InChI=1S/C13H6ClF3N2S/c14-9-2-4-12(19-7-9)20-10-3-1-8(6-18)11(5-10)13(15,16)17/h1-5,7H. The van der Waals surface area contributed by atoms with Gasteiger partial charge in [-0.1, -0.05) is 23.4 Å². The lowest BCUT2D eigenvalue weighted by Crippen LogP contribution is -2.07. The third-order valence-corrected chi connectivity index (χ3v) is 3.50. The summed E-state index contributed by atoms with van der Waals surface area (Å²) in [6.45, 7) is 0. The molecule has 0 saturated carbocycles. The first-order valence-electron chi connectivity index (χ1n) is 5.31. The van der Waals surface area contributed by atoms with E-state index in [1.54, 1.807) is 12.1 Å². The number of halogens is 4. The van der Waals surface area contributed by atoms with Crippen LogP contribution in [0.25, 0.3) is 0 Å². The van der Waals surface area contributed by atoms with Gasteiger partial charge in [0.05, 0.1) is 22.2 Å². The molecule has 0 unspecified atom stereocenters. The molecule has 0 atom stereocenters. The van der Waals surface area contributed by atoms with Crippen molar-refractivity contribution in [3.05, 3.63) is 52.7 Å². The molecule has 2 aromatic rings. The number of rotatable bonds is 2. The Bertz CT molecular complexity index is 663. The summed E-state index contributed by atoms with van der Waals surface area (Å²) in [6.07, 6.45) is -3.15. The summed E-state index contributed by atoms with van der Waals surface area (Å²) >= 11 is 6.75. The molecule has 0 aliphatic carbocycles. The molecule has 0 N–H and O–H groups in total. The van der Waals surface area contributed by atoms with Gasteiger partial charge in [-0.2, -0.15) is 18.4 Å². The lowest BCUT2D eigenvalue weighted by molar-refractivity contribution is -0.137. The molecule has 2 rings (SSSR count). The summed E-state index contributed by atoms with van der Waals surface area (Å²) in [7, 11) is 0. The molecular weight excluding hydrogens is 309 g/mol. The Morgan fingerprint density at radius 3 is 2.50 bits per heavy atom. The van der Waals surface area contributed by atoms with E-state index >= 15 is 0 Å². The van der Waals surface area contributed by atoms with Crippen molar-refractivity contribution < 1.29 is 13.2 Å². The minimum absolute atomic E-state index is 0.353. The summed E-state index contributed by atoms with van der Waals surface area (Å²) < 4.78 is 38.4. The molecule has 1 aromatic carbocycles. The van der Waals surface area contributed by atoms with Gasteiger partial charge in [-0.15, -0.1) is 0 Å². The van der Waals surface area contributed by atoms with E-state index in [9.17, 15) is 13.2 Å². The van der Waals surface area contributed by atoms with Crippen LogP contribution in [0.3, 0.4) is 0 Å². The highest BCUT2D eigenvalue weighted by Crippen LogP contribution is 2.36. The Morgan fingerprint density at radius 1 is 1.20 bits per heavy atom. The number of benzene rings is 1. The third-order valence-electron chi connectivity index (χ3n) is 2.34. The zero-order valence-corrected chi connectivity index (χ0v) is 11.4. The molecular formula is C13H6ClF3N2S. The molecule has 0 fully saturated rings. The van der Waals surface area contributed by atoms with Gasteiger partial charge in [-0.05, 0) is 30.3 Å². The molecule has 0 bridgehead atoms. The number of aromatic nitrogens is 1. The number of nitrogens with zero attached hydrogens (tertiary/aromatic N) is 2. The highest BCUT2D eigenvalue weighted by molar-refractivity contribution is 7.99. The Labute approximate surface area is 122 Å². The maximum Gasteiger partial charge on any atom is 0.417 e. The minimum atomic E-state index is -4.56. The van der Waals surface area contributed by atoms with Crippen molar-refractivity contribution in [3.8, 4) is 6.07 Å². The minimum Gasteiger partial charge on any atom is -0.248 e. The van der Waals surface area contributed by atoms with Crippen LogP contribution in [0.2, 0.25) is 5.02 Å². The van der Waals surface area contributed by atoms with Crippen molar-refractivity contribution in [2.45, 2.75) is 16.1 Å². The van der Waals surface area contributed by atoms with E-state index in [-0.39, 0.29) is 0 Å². The number of alkyl halides is 3. The summed E-state index contributed by atoms with van der Waals surface area (Å²) in [5.74, 6) is 0. The van der Waals surface area contributed by atoms with Gasteiger partial charge >= 0.3 is 6.18 Å². The van der Waals surface area contributed by atoms with Crippen LogP contribution >= 0.6 is 23.4 Å². The molecule has 1 heterocycles. The van der Waals surface area contributed by atoms with Crippen molar-refractivity contribution >= 4 is 23.4 Å². The van der Waals surface area contributed by atoms with Gasteiger partial charge in [-0.3, -0.25) is 0 Å². The number of pyridine rings is 1. The Morgan fingerprint density at radius 2 is 1.95 bits per heavy atom. The molecule has 102 valence electrons. The number of hydrogen-bond donors (Lipinski definition) is 0. The highest BCUT2D eigenvalue weighted by atomic mass is 35.5. The van der Waals surface area contributed by atoms with Crippen LogP contribution in [0.5, 0.6) is 0 Å². The van der Waals surface area contributed by atoms with Gasteiger partial charge in [0.2, 0.25) is 0 Å². The maximum atomic E-state index is 12.8. The quantitative estimate of drug-likeness (QED) is 0.800. The first-order valence-corrected chi connectivity index (χ1v) is 6.50. The molecule has 0 radical (unpaired) electrons. The predicted octanol–water partition coefficient (Wildman–Crippen LogP) is 4.78. The average Bonchev–Trinajstić information content (AvgIpc) is 2.40. The van der Waals surface area contributed by atoms with Crippen LogP contribution in [0.1, 0.15) is 11.1 Å². The SMILES string of the molecule is N#Cc1ccc(Sc2ccc(Cl)cn2)cc1C(F)(F)F. The van der Waals surface area contributed by atoms with E-state index in [2.05, 4.69) is 4.98 Å². The predicted molar refractivity (Wildman–Crippen MR) is 69.5 cm³/mol. The van der Waals surface area contributed by atoms with E-state index in [0.29, 0.717) is 14.9 Å². The summed E-state index contributed by atoms with van der Waals surface area (Å²) in [5, 5.41) is 9.68. The second-order valence-corrected chi connectivity index (χ2v) is 5.26. The van der Waals surface area contributed by atoms with Crippen LogP contribution in [-0.4, -0.2) is 4.98 Å². The van der Waals surface area contributed by atoms with Crippen LogP contribution < -0.4 is 0 Å². The molecule has 0 aliphatic heterocycles. The number of hydrogen-bond acceptors (Lipinski definition) is 3. The fourth-order valence-electron chi connectivity index (χ4n) is 1.46. The zero-order chi connectivity index (χ0) is 14.8. The van der Waals surface area contributed by atoms with Crippen molar-refractivity contribution in [1.29, 1.82) is 5.26 Å². The first kappa shape index (κ1) is 14.7. The van der Waals surface area contributed by atoms with Crippen LogP contribution in [-0.2, 0) is 6.18 Å². The molecule has 7 heteroatoms. The smallest absolute Gasteiger partial charge is 0.248 e. The second-order valence-electron chi connectivity index (χ2n) is 3.73. The summed E-state index contributed by atoms with van der Waals surface area (Å²) in [5.41, 5.74) is -1.34. The second kappa shape index (κ2) is 5.73. The normalized spacial score (nSPS) is 11.2. The molecule has 0 amide bonds. The summed E-state index contributed by atoms with van der Waals surface area (Å²) in [6, 6.07) is 8.30. The van der Waals surface area contributed by atoms with Crippen LogP contribution in [0.15, 0.2) is 46.5 Å². The first-order chi connectivity index (χ1) is 9.40. The number of nitriles is 1. The molecule has 1 aromatic heterocycles. The Hall–Kier alpha value is -1.71. The fourth-order valence-corrected chi connectivity index (χ4v) is 2.37. The van der Waals surface area contributed by atoms with E-state index in [0.717, 1.165) is 23.9 Å². The third kappa shape index (κ3) is 3.44. The van der Waals surface area contributed by atoms with Crippen LogP contribution in [0, 0.1) is 11.3 Å².